The van der Waals surface area contributed by atoms with E-state index in [0.717, 1.165) is 73.3 Å². The zero-order valence-corrected chi connectivity index (χ0v) is 38.5. The van der Waals surface area contributed by atoms with Crippen LogP contribution in [0.5, 0.6) is 0 Å². The minimum Gasteiger partial charge on any atom is -0.486 e. The Hall–Kier alpha value is -5.46. The summed E-state index contributed by atoms with van der Waals surface area (Å²) in [6, 6.07) is 50.6. The van der Waals surface area contributed by atoms with Gasteiger partial charge in [-0.2, -0.15) is 0 Å². The molecule has 4 aromatic heterocycles. The third-order valence-corrected chi connectivity index (χ3v) is 12.7. The summed E-state index contributed by atoms with van der Waals surface area (Å²) >= 11 is 0. The van der Waals surface area contributed by atoms with E-state index in [1.54, 1.807) is 6.20 Å². The number of hydrogen-bond donors (Lipinski definition) is 0. The van der Waals surface area contributed by atoms with Crippen LogP contribution in [0.3, 0.4) is 0 Å². The Bertz CT molecular complexity index is 2870. The van der Waals surface area contributed by atoms with Gasteiger partial charge >= 0.3 is 0 Å². The van der Waals surface area contributed by atoms with Crippen LogP contribution in [0.2, 0.25) is 19.6 Å². The first-order chi connectivity index (χ1) is 27.9. The van der Waals surface area contributed by atoms with Crippen molar-refractivity contribution in [2.24, 2.45) is 5.92 Å². The second kappa shape index (κ2) is 17.0. The number of hydrogen-bond acceptors (Lipinski definition) is 4. The van der Waals surface area contributed by atoms with Gasteiger partial charge in [0.05, 0.1) is 30.5 Å². The summed E-state index contributed by atoms with van der Waals surface area (Å²) in [7, 11) is -1.34. The zero-order chi connectivity index (χ0) is 40.6. The van der Waals surface area contributed by atoms with Crippen LogP contribution in [0.1, 0.15) is 45.7 Å². The third-order valence-electron chi connectivity index (χ3n) is 10.6. The summed E-state index contributed by atoms with van der Waals surface area (Å²) in [6.45, 7) is 18.5. The van der Waals surface area contributed by atoms with Crippen molar-refractivity contribution in [2.45, 2.75) is 66.1 Å². The number of pyridine rings is 2. The molecule has 0 atom stereocenters. The standard InChI is InChI=1S/C34H26N3O.C18H24NSi.Ir/c1-34(2,3)23-18-19-29(27(21-23)22-11-5-4-6-12-22)37-30-17-8-7-16-28(30)36-32(37)26-14-9-13-24-25-15-10-20-35-33(25)38-31(24)26;1-14(2)11-16-12-17(15-9-7-6-8-10-15)19-13-18(16)20(3,4)5;/h4-13,15-21H,1-3H3;6-9,12-14H,11H2,1-5H3;/q2*-1;. The molecular weight excluding hydrogens is 917 g/mol. The average molecular weight is 967 g/mol. The molecule has 0 saturated carbocycles. The molecule has 0 aliphatic carbocycles. The number of para-hydroxylation sites is 2. The van der Waals surface area contributed by atoms with Gasteiger partial charge in [0.1, 0.15) is 0 Å². The van der Waals surface area contributed by atoms with Crippen molar-refractivity contribution >= 4 is 46.4 Å². The summed E-state index contributed by atoms with van der Waals surface area (Å²) in [4.78, 5) is 14.3. The average Bonchev–Trinajstić information content (AvgIpc) is 3.79. The maximum absolute atomic E-state index is 6.31. The number of furan rings is 1. The first-order valence-electron chi connectivity index (χ1n) is 20.2. The Morgan fingerprint density at radius 1 is 0.763 bits per heavy atom. The van der Waals surface area contributed by atoms with Crippen LogP contribution >= 0.6 is 0 Å². The Kier molecular flexibility index (Phi) is 12.0. The predicted octanol–water partition coefficient (Wildman–Crippen LogP) is 13.0. The molecular formula is C52H50IrN4OSi-2. The molecule has 1 radical (unpaired) electrons. The van der Waals surface area contributed by atoms with Crippen molar-refractivity contribution in [3.63, 3.8) is 0 Å². The van der Waals surface area contributed by atoms with Crippen molar-refractivity contribution in [3.05, 3.63) is 163 Å². The molecule has 9 aromatic rings. The summed E-state index contributed by atoms with van der Waals surface area (Å²) in [6.07, 6.45) is 4.99. The van der Waals surface area contributed by atoms with Crippen LogP contribution in [0.25, 0.3) is 72.6 Å². The van der Waals surface area contributed by atoms with Gasteiger partial charge in [0.2, 0.25) is 5.71 Å². The largest absolute Gasteiger partial charge is 0.486 e. The van der Waals surface area contributed by atoms with Crippen LogP contribution in [0, 0.1) is 18.1 Å². The molecule has 59 heavy (non-hydrogen) atoms. The number of rotatable bonds is 7. The number of imidazole rings is 1. The fourth-order valence-electron chi connectivity index (χ4n) is 7.71. The van der Waals surface area contributed by atoms with E-state index >= 15 is 0 Å². The number of benzene rings is 5. The van der Waals surface area contributed by atoms with Gasteiger partial charge in [0.25, 0.3) is 0 Å². The van der Waals surface area contributed by atoms with Gasteiger partial charge in [-0.1, -0.05) is 125 Å². The predicted molar refractivity (Wildman–Crippen MR) is 245 cm³/mol. The molecule has 9 rings (SSSR count). The van der Waals surface area contributed by atoms with Crippen LogP contribution in [0.15, 0.2) is 144 Å². The topological polar surface area (TPSA) is 56.7 Å². The van der Waals surface area contributed by atoms with Crippen LogP contribution in [-0.4, -0.2) is 27.6 Å². The molecule has 0 N–H and O–H groups in total. The Morgan fingerprint density at radius 2 is 1.53 bits per heavy atom. The van der Waals surface area contributed by atoms with Crippen molar-refractivity contribution < 1.29 is 24.5 Å². The molecule has 0 fully saturated rings. The molecule has 0 unspecified atom stereocenters. The molecule has 0 aliphatic heterocycles. The molecule has 4 heterocycles. The SMILES string of the molecule is CC(C)(C)c1ccc(-n2c(-c3[c-]ccc4c3oc3ncccc34)nc3ccccc32)c(-c2ccccc2)c1.CC(C)Cc1cc(-c2[c-]cccc2)ncc1[Si](C)(C)C.[Ir]. The second-order valence-corrected chi connectivity index (χ2v) is 22.6. The van der Waals surface area contributed by atoms with Gasteiger partial charge < -0.3 is 14.0 Å². The monoisotopic (exact) mass is 967 g/mol. The van der Waals surface area contributed by atoms with Crippen LogP contribution in [-0.2, 0) is 31.9 Å². The van der Waals surface area contributed by atoms with Crippen molar-refractivity contribution in [1.82, 2.24) is 19.5 Å². The first-order valence-corrected chi connectivity index (χ1v) is 23.7. The van der Waals surface area contributed by atoms with Gasteiger partial charge in [-0.25, -0.2) is 4.98 Å². The van der Waals surface area contributed by atoms with E-state index in [-0.39, 0.29) is 25.5 Å². The fourth-order valence-corrected chi connectivity index (χ4v) is 9.30. The molecule has 0 spiro atoms. The zero-order valence-electron chi connectivity index (χ0n) is 35.1. The van der Waals surface area contributed by atoms with E-state index in [4.69, 9.17) is 9.40 Å². The molecule has 5 aromatic carbocycles. The normalized spacial score (nSPS) is 11.8. The number of fused-ring (bicyclic) bond motifs is 4. The Labute approximate surface area is 363 Å². The Balaban J connectivity index is 0.000000214. The molecule has 0 amide bonds. The summed E-state index contributed by atoms with van der Waals surface area (Å²) in [5.41, 5.74) is 12.4. The maximum atomic E-state index is 6.31. The summed E-state index contributed by atoms with van der Waals surface area (Å²) in [5, 5.41) is 3.48. The van der Waals surface area contributed by atoms with Gasteiger partial charge in [0, 0.05) is 49.1 Å². The van der Waals surface area contributed by atoms with Crippen molar-refractivity contribution in [1.29, 1.82) is 0 Å². The smallest absolute Gasteiger partial charge is 0.216 e. The van der Waals surface area contributed by atoms with Crippen molar-refractivity contribution in [3.8, 4) is 39.5 Å². The third kappa shape index (κ3) is 8.65. The molecule has 0 bridgehead atoms. The first kappa shape index (κ1) is 41.7. The van der Waals surface area contributed by atoms with E-state index in [1.807, 2.05) is 48.5 Å². The quantitative estimate of drug-likeness (QED) is 0.118. The van der Waals surface area contributed by atoms with Crippen LogP contribution < -0.4 is 5.19 Å². The van der Waals surface area contributed by atoms with Crippen molar-refractivity contribution in [2.75, 3.05) is 0 Å². The second-order valence-electron chi connectivity index (χ2n) is 17.5. The summed E-state index contributed by atoms with van der Waals surface area (Å²) < 4.78 is 8.55. The molecule has 299 valence electrons. The Morgan fingerprint density at radius 3 is 2.25 bits per heavy atom. The molecule has 0 aliphatic rings. The number of nitrogens with zero attached hydrogens (tertiary/aromatic N) is 4. The van der Waals surface area contributed by atoms with Gasteiger partial charge in [-0.3, -0.25) is 4.98 Å². The maximum Gasteiger partial charge on any atom is 0.216 e. The van der Waals surface area contributed by atoms with E-state index in [2.05, 4.69) is 166 Å². The minimum absolute atomic E-state index is 0. The molecule has 7 heteroatoms. The van der Waals surface area contributed by atoms with Crippen LogP contribution in [0.4, 0.5) is 0 Å². The van der Waals surface area contributed by atoms with E-state index in [0.29, 0.717) is 11.6 Å². The van der Waals surface area contributed by atoms with E-state index in [1.165, 1.54) is 16.3 Å². The summed E-state index contributed by atoms with van der Waals surface area (Å²) in [5.74, 6) is 1.46. The van der Waals surface area contributed by atoms with Gasteiger partial charge in [0.15, 0.2) is 0 Å². The van der Waals surface area contributed by atoms with E-state index in [9.17, 15) is 0 Å². The van der Waals surface area contributed by atoms with Gasteiger partial charge in [-0.15, -0.1) is 54.1 Å². The van der Waals surface area contributed by atoms with Gasteiger partial charge in [-0.05, 0) is 76.2 Å². The number of aromatic nitrogens is 4. The van der Waals surface area contributed by atoms with E-state index < -0.39 is 8.07 Å². The minimum atomic E-state index is -1.34. The fraction of sp³-hybridized carbons (Fsp3) is 0.212. The molecule has 5 nitrogen and oxygen atoms in total. The molecule has 0 saturated heterocycles.